The number of carbonyl (C=O) groups excluding carboxylic acids is 2. The van der Waals surface area contributed by atoms with E-state index in [0.717, 1.165) is 44.7 Å². The van der Waals surface area contributed by atoms with Crippen LogP contribution >= 0.6 is 0 Å². The molecule has 0 aromatic heterocycles. The van der Waals surface area contributed by atoms with E-state index in [0.29, 0.717) is 0 Å². The van der Waals surface area contributed by atoms with Gasteiger partial charge in [0.1, 0.15) is 17.9 Å². The maximum Gasteiger partial charge on any atom is 0.410 e. The first-order valence-electron chi connectivity index (χ1n) is 8.60. The van der Waals surface area contributed by atoms with Gasteiger partial charge in [0.15, 0.2) is 0 Å². The lowest BCUT2D eigenvalue weighted by Gasteiger charge is -2.28. The fourth-order valence-electron chi connectivity index (χ4n) is 2.68. The Morgan fingerprint density at radius 3 is 2.40 bits per heavy atom. The number of hydrogen-bond donors (Lipinski definition) is 0. The van der Waals surface area contributed by atoms with Crippen molar-refractivity contribution in [2.24, 2.45) is 0 Å². The first-order valence-corrected chi connectivity index (χ1v) is 8.60. The smallest absolute Gasteiger partial charge is 0.410 e. The minimum Gasteiger partial charge on any atom is -0.444 e. The largest absolute Gasteiger partial charge is 0.444 e. The average Bonchev–Trinajstić information content (AvgIpc) is 2.56. The lowest BCUT2D eigenvalue weighted by atomic mass is 10.0. The number of likely N-dealkylation sites (N-methyl/N-ethyl adjacent to an activating group) is 1. The molecule has 1 heterocycles. The van der Waals surface area contributed by atoms with Gasteiger partial charge in [-0.25, -0.2) is 4.79 Å². The molecule has 2 rings (SSSR count). The second kappa shape index (κ2) is 8.45. The Kier molecular flexibility index (Phi) is 6.56. The summed E-state index contributed by atoms with van der Waals surface area (Å²) in [5.74, 6) is 0. The molecular weight excluding hydrogens is 320 g/mol. The van der Waals surface area contributed by atoms with Crippen LogP contribution in [0.3, 0.4) is 0 Å². The number of ether oxygens (including phenoxy) is 2. The van der Waals surface area contributed by atoms with Gasteiger partial charge in [0, 0.05) is 26.7 Å². The summed E-state index contributed by atoms with van der Waals surface area (Å²) in [5, 5.41) is 0. The molecule has 0 saturated carbocycles. The molecule has 1 saturated heterocycles. The van der Waals surface area contributed by atoms with E-state index in [1.165, 1.54) is 10.5 Å². The molecule has 1 fully saturated rings. The molecule has 138 valence electrons. The Hall–Kier alpha value is -1.92. The van der Waals surface area contributed by atoms with Crippen LogP contribution in [0.2, 0.25) is 0 Å². The van der Waals surface area contributed by atoms with E-state index in [9.17, 15) is 9.59 Å². The van der Waals surface area contributed by atoms with E-state index in [1.54, 1.807) is 27.8 Å². The summed E-state index contributed by atoms with van der Waals surface area (Å²) in [5.41, 5.74) is 1.35. The highest BCUT2D eigenvalue weighted by molar-refractivity contribution is 5.74. The highest BCUT2D eigenvalue weighted by atomic mass is 16.6. The van der Waals surface area contributed by atoms with Crippen LogP contribution in [0.5, 0.6) is 0 Å². The summed E-state index contributed by atoms with van der Waals surface area (Å²) >= 11 is 0. The molecule has 1 atom stereocenters. The summed E-state index contributed by atoms with van der Waals surface area (Å²) < 4.78 is 10.7. The molecule has 0 radical (unpaired) electrons. The van der Waals surface area contributed by atoms with Crippen molar-refractivity contribution in [3.8, 4) is 0 Å². The van der Waals surface area contributed by atoms with Gasteiger partial charge in [-0.15, -0.1) is 0 Å². The maximum absolute atomic E-state index is 12.2. The van der Waals surface area contributed by atoms with Crippen molar-refractivity contribution < 1.29 is 19.1 Å². The number of carbonyl (C=O) groups is 2. The zero-order valence-corrected chi connectivity index (χ0v) is 15.5. The van der Waals surface area contributed by atoms with Gasteiger partial charge in [-0.2, -0.15) is 0 Å². The van der Waals surface area contributed by atoms with Crippen molar-refractivity contribution in [3.05, 3.63) is 35.4 Å². The third-order valence-corrected chi connectivity index (χ3v) is 4.06. The Labute approximate surface area is 149 Å². The Morgan fingerprint density at radius 1 is 1.28 bits per heavy atom. The van der Waals surface area contributed by atoms with Gasteiger partial charge in [-0.1, -0.05) is 24.3 Å². The molecule has 1 aromatic rings. The van der Waals surface area contributed by atoms with Crippen LogP contribution < -0.4 is 0 Å². The SMILES string of the molecule is CN(C(=O)OC(C)(C)C)C(C=O)c1ccc(CN2CCOCC2)cc1. The predicted octanol–water partition coefficient (Wildman–Crippen LogP) is 2.63. The van der Waals surface area contributed by atoms with Gasteiger partial charge in [0.25, 0.3) is 0 Å². The van der Waals surface area contributed by atoms with Crippen LogP contribution in [-0.4, -0.2) is 61.1 Å². The number of rotatable bonds is 5. The van der Waals surface area contributed by atoms with Gasteiger partial charge in [0.2, 0.25) is 0 Å². The summed E-state index contributed by atoms with van der Waals surface area (Å²) in [7, 11) is 1.58. The van der Waals surface area contributed by atoms with E-state index >= 15 is 0 Å². The fraction of sp³-hybridized carbons (Fsp3) is 0.579. The maximum atomic E-state index is 12.2. The molecule has 1 aromatic carbocycles. The standard InChI is InChI=1S/C19H28N2O4/c1-19(2,3)25-18(23)20(4)17(14-22)16-7-5-15(6-8-16)13-21-9-11-24-12-10-21/h5-8,14,17H,9-13H2,1-4H3. The van der Waals surface area contributed by atoms with Crippen LogP contribution in [0.15, 0.2) is 24.3 Å². The molecule has 25 heavy (non-hydrogen) atoms. The molecule has 1 amide bonds. The van der Waals surface area contributed by atoms with Crippen molar-refractivity contribution >= 4 is 12.4 Å². The second-order valence-corrected chi connectivity index (χ2v) is 7.30. The lowest BCUT2D eigenvalue weighted by Crippen LogP contribution is -2.37. The van der Waals surface area contributed by atoms with Crippen molar-refractivity contribution in [2.45, 2.75) is 39.0 Å². The molecule has 0 bridgehead atoms. The molecule has 0 aliphatic carbocycles. The third-order valence-electron chi connectivity index (χ3n) is 4.06. The van der Waals surface area contributed by atoms with E-state index < -0.39 is 17.7 Å². The Balaban J connectivity index is 2.02. The topological polar surface area (TPSA) is 59.1 Å². The highest BCUT2D eigenvalue weighted by Gasteiger charge is 2.26. The summed E-state index contributed by atoms with van der Waals surface area (Å²) in [6.45, 7) is 9.66. The third kappa shape index (κ3) is 5.83. The number of aldehydes is 1. The van der Waals surface area contributed by atoms with Gasteiger partial charge in [0.05, 0.1) is 13.2 Å². The van der Waals surface area contributed by atoms with Crippen LogP contribution in [0, 0.1) is 0 Å². The highest BCUT2D eigenvalue weighted by Crippen LogP contribution is 2.21. The average molecular weight is 348 g/mol. The van der Waals surface area contributed by atoms with Gasteiger partial charge in [-0.05, 0) is 31.9 Å². The Bertz CT molecular complexity index is 574. The van der Waals surface area contributed by atoms with Crippen molar-refractivity contribution in [3.63, 3.8) is 0 Å². The number of nitrogens with zero attached hydrogens (tertiary/aromatic N) is 2. The first kappa shape index (κ1) is 19.4. The van der Waals surface area contributed by atoms with E-state index in [-0.39, 0.29) is 0 Å². The second-order valence-electron chi connectivity index (χ2n) is 7.30. The van der Waals surface area contributed by atoms with Crippen molar-refractivity contribution in [2.75, 3.05) is 33.4 Å². The summed E-state index contributed by atoms with van der Waals surface area (Å²) in [6, 6.07) is 7.15. The molecule has 0 spiro atoms. The van der Waals surface area contributed by atoms with E-state index in [4.69, 9.17) is 9.47 Å². The van der Waals surface area contributed by atoms with Gasteiger partial charge < -0.3 is 14.3 Å². The lowest BCUT2D eigenvalue weighted by molar-refractivity contribution is -0.112. The zero-order valence-electron chi connectivity index (χ0n) is 15.5. The monoisotopic (exact) mass is 348 g/mol. The van der Waals surface area contributed by atoms with Crippen LogP contribution in [-0.2, 0) is 20.8 Å². The molecule has 1 aliphatic rings. The quantitative estimate of drug-likeness (QED) is 0.766. The van der Waals surface area contributed by atoms with E-state index in [2.05, 4.69) is 4.90 Å². The summed E-state index contributed by atoms with van der Waals surface area (Å²) in [6.07, 6.45) is 0.253. The first-order chi connectivity index (χ1) is 11.8. The number of benzene rings is 1. The molecule has 6 heteroatoms. The Morgan fingerprint density at radius 2 is 1.88 bits per heavy atom. The molecule has 1 aliphatic heterocycles. The predicted molar refractivity (Wildman–Crippen MR) is 95.3 cm³/mol. The van der Waals surface area contributed by atoms with Crippen LogP contribution in [0.4, 0.5) is 4.79 Å². The van der Waals surface area contributed by atoms with Crippen LogP contribution in [0.1, 0.15) is 37.9 Å². The van der Waals surface area contributed by atoms with Gasteiger partial charge in [-0.3, -0.25) is 9.80 Å². The zero-order chi connectivity index (χ0) is 18.4. The van der Waals surface area contributed by atoms with Crippen LogP contribution in [0.25, 0.3) is 0 Å². The van der Waals surface area contributed by atoms with Crippen molar-refractivity contribution in [1.29, 1.82) is 0 Å². The number of amides is 1. The van der Waals surface area contributed by atoms with E-state index in [1.807, 2.05) is 24.3 Å². The number of morpholine rings is 1. The molecular formula is C19H28N2O4. The minimum absolute atomic E-state index is 0.512. The number of hydrogen-bond acceptors (Lipinski definition) is 5. The molecule has 1 unspecified atom stereocenters. The minimum atomic E-state index is -0.660. The molecule has 0 N–H and O–H groups in total. The summed E-state index contributed by atoms with van der Waals surface area (Å²) in [4.78, 5) is 27.4. The fourth-order valence-corrected chi connectivity index (χ4v) is 2.68. The normalized spacial score (nSPS) is 17.0. The molecule has 6 nitrogen and oxygen atoms in total. The van der Waals surface area contributed by atoms with Gasteiger partial charge >= 0.3 is 6.09 Å². The van der Waals surface area contributed by atoms with Crippen molar-refractivity contribution in [1.82, 2.24) is 9.80 Å².